The van der Waals surface area contributed by atoms with E-state index in [1.165, 1.54) is 12.8 Å². The highest BCUT2D eigenvalue weighted by atomic mass is 14.1. The second kappa shape index (κ2) is 2.15. The molecule has 1 aliphatic carbocycles. The minimum Gasteiger partial charge on any atom is -0.0879 e. The molecule has 1 aliphatic rings. The molecule has 0 aliphatic heterocycles. The molecule has 0 heterocycles. The van der Waals surface area contributed by atoms with E-state index < -0.39 is 0 Å². The van der Waals surface area contributed by atoms with Crippen LogP contribution in [0.15, 0.2) is 12.2 Å². The maximum absolute atomic E-state index is 2.35. The van der Waals surface area contributed by atoms with Gasteiger partial charge in [-0.05, 0) is 25.2 Å². The molecule has 1 rings (SSSR count). The van der Waals surface area contributed by atoms with Crippen molar-refractivity contribution < 1.29 is 0 Å². The summed E-state index contributed by atoms with van der Waals surface area (Å²) in [6.45, 7) is 2.22. The van der Waals surface area contributed by atoms with Gasteiger partial charge < -0.3 is 0 Å². The third kappa shape index (κ3) is 1.05. The molecule has 0 spiro atoms. The van der Waals surface area contributed by atoms with Crippen molar-refractivity contribution in [1.82, 2.24) is 0 Å². The second-order valence-corrected chi connectivity index (χ2v) is 1.97. The fourth-order valence-electron chi connectivity index (χ4n) is 0.888. The lowest BCUT2D eigenvalue weighted by atomic mass is 10.1. The lowest BCUT2D eigenvalue weighted by molar-refractivity contribution is 0.732. The number of allylic oxidation sites excluding steroid dienone is 2. The van der Waals surface area contributed by atoms with Gasteiger partial charge in [0.15, 0.2) is 0 Å². The average Bonchev–Trinajstić information content (AvgIpc) is 2.14. The lowest BCUT2D eigenvalue weighted by Crippen LogP contribution is -1.86. The zero-order valence-electron chi connectivity index (χ0n) is 4.72. The Labute approximate surface area is 45.2 Å². The van der Waals surface area contributed by atoms with E-state index in [4.69, 9.17) is 0 Å². The molecule has 1 unspecified atom stereocenters. The van der Waals surface area contributed by atoms with Gasteiger partial charge in [-0.2, -0.15) is 0 Å². The molecular weight excluding hydrogens is 84.1 g/mol. The Bertz CT molecular complexity index is 72.1. The minimum atomic E-state index is 0.792. The first-order valence-corrected chi connectivity index (χ1v) is 2.93. The van der Waals surface area contributed by atoms with Crippen LogP contribution in [0.25, 0.3) is 0 Å². The van der Waals surface area contributed by atoms with Gasteiger partial charge in [-0.3, -0.25) is 0 Å². The van der Waals surface area contributed by atoms with Crippen LogP contribution in [0.1, 0.15) is 19.8 Å². The minimum absolute atomic E-state index is 0.792. The molecule has 0 amide bonds. The first kappa shape index (κ1) is 4.89. The van der Waals surface area contributed by atoms with Crippen LogP contribution in [0.3, 0.4) is 0 Å². The molecule has 0 heteroatoms. The van der Waals surface area contributed by atoms with Crippen LogP contribution in [0.2, 0.25) is 0 Å². The Balaban J connectivity index is 2.28. The van der Waals surface area contributed by atoms with Crippen LogP contribution in [-0.2, 0) is 0 Å². The molecule has 0 N–H and O–H groups in total. The normalized spacial score (nSPS) is 29.0. The maximum Gasteiger partial charge on any atom is -0.0202 e. The van der Waals surface area contributed by atoms with Gasteiger partial charge in [-0.25, -0.2) is 0 Å². The van der Waals surface area contributed by atoms with Gasteiger partial charge in [0.1, 0.15) is 0 Å². The van der Waals surface area contributed by atoms with Gasteiger partial charge in [0, 0.05) is 0 Å². The SMILES string of the molecule is CCC1[CH]CC=C1. The molecule has 39 valence electrons. The Kier molecular flexibility index (Phi) is 1.50. The number of hydrogen-bond donors (Lipinski definition) is 0. The summed E-state index contributed by atoms with van der Waals surface area (Å²) in [7, 11) is 0. The van der Waals surface area contributed by atoms with Crippen molar-refractivity contribution in [3.63, 3.8) is 0 Å². The van der Waals surface area contributed by atoms with Crippen LogP contribution in [0.5, 0.6) is 0 Å². The summed E-state index contributed by atoms with van der Waals surface area (Å²) >= 11 is 0. The molecule has 0 saturated carbocycles. The zero-order chi connectivity index (χ0) is 5.11. The summed E-state index contributed by atoms with van der Waals surface area (Å²) in [5.74, 6) is 0.792. The van der Waals surface area contributed by atoms with E-state index in [1.807, 2.05) is 0 Å². The summed E-state index contributed by atoms with van der Waals surface area (Å²) in [4.78, 5) is 0. The number of rotatable bonds is 1. The number of hydrogen-bond acceptors (Lipinski definition) is 0. The van der Waals surface area contributed by atoms with Crippen LogP contribution in [-0.4, -0.2) is 0 Å². The fraction of sp³-hybridized carbons (Fsp3) is 0.571. The smallest absolute Gasteiger partial charge is 0.0202 e. The van der Waals surface area contributed by atoms with Crippen LogP contribution >= 0.6 is 0 Å². The molecular formula is C7H11. The topological polar surface area (TPSA) is 0 Å². The molecule has 1 radical (unpaired) electrons. The van der Waals surface area contributed by atoms with E-state index in [0.717, 1.165) is 5.92 Å². The van der Waals surface area contributed by atoms with E-state index in [2.05, 4.69) is 25.5 Å². The fourth-order valence-corrected chi connectivity index (χ4v) is 0.888. The highest BCUT2D eigenvalue weighted by Gasteiger charge is 2.04. The molecule has 0 aromatic heterocycles. The molecule has 7 heavy (non-hydrogen) atoms. The van der Waals surface area contributed by atoms with Crippen molar-refractivity contribution in [3.8, 4) is 0 Å². The molecule has 0 nitrogen and oxygen atoms in total. The summed E-state index contributed by atoms with van der Waals surface area (Å²) in [6.07, 6.45) is 9.32. The zero-order valence-corrected chi connectivity index (χ0v) is 4.72. The predicted octanol–water partition coefficient (Wildman–Crippen LogP) is 2.18. The largest absolute Gasteiger partial charge is 0.0879 e. The first-order valence-electron chi connectivity index (χ1n) is 2.93. The predicted molar refractivity (Wildman–Crippen MR) is 31.8 cm³/mol. The lowest BCUT2D eigenvalue weighted by Gasteiger charge is -1.97. The summed E-state index contributed by atoms with van der Waals surface area (Å²) in [5.41, 5.74) is 0. The summed E-state index contributed by atoms with van der Waals surface area (Å²) in [6, 6.07) is 0. The van der Waals surface area contributed by atoms with Crippen LogP contribution in [0, 0.1) is 12.3 Å². The van der Waals surface area contributed by atoms with Gasteiger partial charge in [-0.1, -0.05) is 19.1 Å². The molecule has 0 aromatic carbocycles. The van der Waals surface area contributed by atoms with Gasteiger partial charge in [0.2, 0.25) is 0 Å². The molecule has 0 fully saturated rings. The van der Waals surface area contributed by atoms with E-state index >= 15 is 0 Å². The van der Waals surface area contributed by atoms with Crippen molar-refractivity contribution in [3.05, 3.63) is 18.6 Å². The van der Waals surface area contributed by atoms with E-state index in [9.17, 15) is 0 Å². The summed E-state index contributed by atoms with van der Waals surface area (Å²) in [5, 5.41) is 0. The maximum atomic E-state index is 2.35. The van der Waals surface area contributed by atoms with Crippen molar-refractivity contribution in [2.24, 2.45) is 5.92 Å². The Morgan fingerprint density at radius 3 is 2.86 bits per heavy atom. The standard InChI is InChI=1S/C7H11/c1-2-7-5-3-4-6-7/h3,5-7H,2,4H2,1H3. The quantitative estimate of drug-likeness (QED) is 0.438. The van der Waals surface area contributed by atoms with Crippen LogP contribution < -0.4 is 0 Å². The van der Waals surface area contributed by atoms with Gasteiger partial charge in [-0.15, -0.1) is 0 Å². The van der Waals surface area contributed by atoms with Crippen molar-refractivity contribution in [1.29, 1.82) is 0 Å². The van der Waals surface area contributed by atoms with Crippen molar-refractivity contribution >= 4 is 0 Å². The molecule has 0 saturated heterocycles. The van der Waals surface area contributed by atoms with Gasteiger partial charge >= 0.3 is 0 Å². The third-order valence-corrected chi connectivity index (χ3v) is 1.43. The van der Waals surface area contributed by atoms with E-state index in [-0.39, 0.29) is 0 Å². The highest BCUT2D eigenvalue weighted by molar-refractivity contribution is 5.05. The Morgan fingerprint density at radius 1 is 1.71 bits per heavy atom. The van der Waals surface area contributed by atoms with Crippen molar-refractivity contribution in [2.45, 2.75) is 19.8 Å². The molecule has 0 bridgehead atoms. The highest BCUT2D eigenvalue weighted by Crippen LogP contribution is 2.17. The van der Waals surface area contributed by atoms with E-state index in [1.54, 1.807) is 0 Å². The third-order valence-electron chi connectivity index (χ3n) is 1.43. The second-order valence-electron chi connectivity index (χ2n) is 1.97. The van der Waals surface area contributed by atoms with Crippen molar-refractivity contribution in [2.75, 3.05) is 0 Å². The van der Waals surface area contributed by atoms with E-state index in [0.29, 0.717) is 0 Å². The monoisotopic (exact) mass is 95.1 g/mol. The Hall–Kier alpha value is -0.260. The van der Waals surface area contributed by atoms with Gasteiger partial charge in [0.25, 0.3) is 0 Å². The Morgan fingerprint density at radius 2 is 2.57 bits per heavy atom. The van der Waals surface area contributed by atoms with Crippen LogP contribution in [0.4, 0.5) is 0 Å². The average molecular weight is 95.2 g/mol. The summed E-state index contributed by atoms with van der Waals surface area (Å²) < 4.78 is 0. The van der Waals surface area contributed by atoms with Gasteiger partial charge in [0.05, 0.1) is 0 Å². The molecule has 1 atom stereocenters. The first-order chi connectivity index (χ1) is 3.43. The molecule has 0 aromatic rings.